The van der Waals surface area contributed by atoms with Crippen LogP contribution in [-0.4, -0.2) is 60.3 Å². The molecule has 104 valence electrons. The molecule has 2 saturated heterocycles. The summed E-state index contributed by atoms with van der Waals surface area (Å²) in [5, 5.41) is 0. The summed E-state index contributed by atoms with van der Waals surface area (Å²) < 4.78 is 5.39. The third-order valence-corrected chi connectivity index (χ3v) is 3.65. The van der Waals surface area contributed by atoms with Crippen molar-refractivity contribution in [1.82, 2.24) is 9.80 Å². The molecule has 2 aliphatic heterocycles. The number of hydrogen-bond acceptors (Lipinski definition) is 4. The Morgan fingerprint density at radius 1 is 1.33 bits per heavy atom. The predicted octanol–water partition coefficient (Wildman–Crippen LogP) is 0.886. The van der Waals surface area contributed by atoms with Crippen LogP contribution in [0.4, 0.5) is 4.79 Å². The highest BCUT2D eigenvalue weighted by molar-refractivity contribution is 5.68. The summed E-state index contributed by atoms with van der Waals surface area (Å²) in [6, 6.07) is 0.500. The fourth-order valence-electron chi connectivity index (χ4n) is 2.59. The van der Waals surface area contributed by atoms with Crippen molar-refractivity contribution in [1.29, 1.82) is 0 Å². The SMILES string of the molecule is CC(C)(C)OC(=O)N1CCC(N2CC(CN)C2)C1. The van der Waals surface area contributed by atoms with Crippen LogP contribution in [0.15, 0.2) is 0 Å². The van der Waals surface area contributed by atoms with Gasteiger partial charge in [-0.15, -0.1) is 0 Å². The molecule has 5 heteroatoms. The van der Waals surface area contributed by atoms with Crippen LogP contribution in [0.3, 0.4) is 0 Å². The second-order valence-corrected chi connectivity index (χ2v) is 6.42. The summed E-state index contributed by atoms with van der Waals surface area (Å²) in [6.07, 6.45) is 0.872. The lowest BCUT2D eigenvalue weighted by atomic mass is 9.97. The highest BCUT2D eigenvalue weighted by Crippen LogP contribution is 2.24. The summed E-state index contributed by atoms with van der Waals surface area (Å²) in [5.74, 6) is 0.653. The lowest BCUT2D eigenvalue weighted by Crippen LogP contribution is -2.55. The Balaban J connectivity index is 1.77. The number of hydrogen-bond donors (Lipinski definition) is 1. The van der Waals surface area contributed by atoms with Crippen LogP contribution >= 0.6 is 0 Å². The minimum absolute atomic E-state index is 0.180. The zero-order valence-electron chi connectivity index (χ0n) is 11.7. The Labute approximate surface area is 109 Å². The first-order valence-corrected chi connectivity index (χ1v) is 6.81. The monoisotopic (exact) mass is 255 g/mol. The van der Waals surface area contributed by atoms with Crippen LogP contribution in [0.25, 0.3) is 0 Å². The fourth-order valence-corrected chi connectivity index (χ4v) is 2.59. The molecule has 2 aliphatic rings. The van der Waals surface area contributed by atoms with Crippen LogP contribution in [0.5, 0.6) is 0 Å². The van der Waals surface area contributed by atoms with E-state index < -0.39 is 5.60 Å². The van der Waals surface area contributed by atoms with E-state index in [2.05, 4.69) is 4.90 Å². The Kier molecular flexibility index (Phi) is 3.82. The summed E-state index contributed by atoms with van der Waals surface area (Å²) in [7, 11) is 0. The number of carbonyl (C=O) groups is 1. The Hall–Kier alpha value is -0.810. The van der Waals surface area contributed by atoms with Crippen molar-refractivity contribution >= 4 is 6.09 Å². The molecule has 0 radical (unpaired) electrons. The molecule has 18 heavy (non-hydrogen) atoms. The summed E-state index contributed by atoms with van der Waals surface area (Å²) >= 11 is 0. The van der Waals surface area contributed by atoms with Gasteiger partial charge < -0.3 is 15.4 Å². The molecule has 1 amide bonds. The van der Waals surface area contributed by atoms with E-state index in [1.165, 1.54) is 0 Å². The van der Waals surface area contributed by atoms with Crippen molar-refractivity contribution in [3.63, 3.8) is 0 Å². The van der Waals surface area contributed by atoms with Gasteiger partial charge in [0, 0.05) is 32.2 Å². The summed E-state index contributed by atoms with van der Waals surface area (Å²) in [4.78, 5) is 16.2. The van der Waals surface area contributed by atoms with Crippen molar-refractivity contribution in [2.75, 3.05) is 32.7 Å². The van der Waals surface area contributed by atoms with Crippen molar-refractivity contribution in [3.8, 4) is 0 Å². The normalized spacial score (nSPS) is 26.2. The van der Waals surface area contributed by atoms with Gasteiger partial charge in [0.1, 0.15) is 5.60 Å². The smallest absolute Gasteiger partial charge is 0.410 e. The van der Waals surface area contributed by atoms with Crippen molar-refractivity contribution in [2.45, 2.75) is 38.8 Å². The molecule has 0 aliphatic carbocycles. The number of nitrogens with two attached hydrogens (primary N) is 1. The average Bonchev–Trinajstić information content (AvgIpc) is 2.62. The number of likely N-dealkylation sites (tertiary alicyclic amines) is 2. The van der Waals surface area contributed by atoms with Crippen LogP contribution in [0.1, 0.15) is 27.2 Å². The first kappa shape index (κ1) is 13.6. The lowest BCUT2D eigenvalue weighted by Gasteiger charge is -2.42. The molecule has 0 aromatic rings. The number of carbonyl (C=O) groups excluding carboxylic acids is 1. The highest BCUT2D eigenvalue weighted by atomic mass is 16.6. The lowest BCUT2D eigenvalue weighted by molar-refractivity contribution is 0.0237. The van der Waals surface area contributed by atoms with Gasteiger partial charge in [0.05, 0.1) is 0 Å². The van der Waals surface area contributed by atoms with E-state index in [-0.39, 0.29) is 6.09 Å². The van der Waals surface area contributed by atoms with E-state index in [4.69, 9.17) is 10.5 Å². The highest BCUT2D eigenvalue weighted by Gasteiger charge is 2.37. The molecule has 1 unspecified atom stereocenters. The Morgan fingerprint density at radius 2 is 2.00 bits per heavy atom. The predicted molar refractivity (Wildman–Crippen MR) is 70.3 cm³/mol. The maximum Gasteiger partial charge on any atom is 0.410 e. The maximum absolute atomic E-state index is 11.9. The molecule has 0 spiro atoms. The van der Waals surface area contributed by atoms with Gasteiger partial charge in [-0.25, -0.2) is 4.79 Å². The van der Waals surface area contributed by atoms with Crippen LogP contribution < -0.4 is 5.73 Å². The second-order valence-electron chi connectivity index (χ2n) is 6.42. The first-order chi connectivity index (χ1) is 8.39. The van der Waals surface area contributed by atoms with E-state index in [9.17, 15) is 4.79 Å². The quantitative estimate of drug-likeness (QED) is 0.796. The molecule has 0 bridgehead atoms. The number of ether oxygens (including phenoxy) is 1. The zero-order chi connectivity index (χ0) is 13.3. The van der Waals surface area contributed by atoms with E-state index in [0.29, 0.717) is 12.0 Å². The molecular weight excluding hydrogens is 230 g/mol. The van der Waals surface area contributed by atoms with Crippen LogP contribution in [-0.2, 0) is 4.74 Å². The van der Waals surface area contributed by atoms with Gasteiger partial charge in [-0.2, -0.15) is 0 Å². The average molecular weight is 255 g/mol. The summed E-state index contributed by atoms with van der Waals surface area (Å²) in [6.45, 7) is 10.3. The maximum atomic E-state index is 11.9. The number of rotatable bonds is 2. The van der Waals surface area contributed by atoms with Gasteiger partial charge in [-0.1, -0.05) is 0 Å². The van der Waals surface area contributed by atoms with Crippen molar-refractivity contribution in [2.24, 2.45) is 11.7 Å². The topological polar surface area (TPSA) is 58.8 Å². The molecular formula is C13H25N3O2. The van der Waals surface area contributed by atoms with E-state index >= 15 is 0 Å². The van der Waals surface area contributed by atoms with Gasteiger partial charge in [0.25, 0.3) is 0 Å². The molecule has 0 aromatic carbocycles. The van der Waals surface area contributed by atoms with Crippen molar-refractivity contribution < 1.29 is 9.53 Å². The van der Waals surface area contributed by atoms with Gasteiger partial charge in [0.15, 0.2) is 0 Å². The van der Waals surface area contributed by atoms with Gasteiger partial charge in [-0.05, 0) is 39.7 Å². The third kappa shape index (κ3) is 3.14. The molecule has 0 saturated carbocycles. The van der Waals surface area contributed by atoms with Gasteiger partial charge in [-0.3, -0.25) is 4.90 Å². The molecule has 2 fully saturated rings. The number of nitrogens with zero attached hydrogens (tertiary/aromatic N) is 2. The van der Waals surface area contributed by atoms with E-state index in [1.54, 1.807) is 0 Å². The number of amides is 1. The Bertz CT molecular complexity index is 308. The van der Waals surface area contributed by atoms with Crippen molar-refractivity contribution in [3.05, 3.63) is 0 Å². The molecule has 5 nitrogen and oxygen atoms in total. The standard InChI is InChI=1S/C13H25N3O2/c1-13(2,3)18-12(17)15-5-4-11(9-15)16-7-10(6-14)8-16/h10-11H,4-9,14H2,1-3H3. The second kappa shape index (κ2) is 5.05. The first-order valence-electron chi connectivity index (χ1n) is 6.81. The molecule has 2 heterocycles. The van der Waals surface area contributed by atoms with Crippen LogP contribution in [0.2, 0.25) is 0 Å². The minimum Gasteiger partial charge on any atom is -0.444 e. The molecule has 2 rings (SSSR count). The Morgan fingerprint density at radius 3 is 2.56 bits per heavy atom. The zero-order valence-corrected chi connectivity index (χ0v) is 11.7. The van der Waals surface area contributed by atoms with Gasteiger partial charge in [0.2, 0.25) is 0 Å². The summed E-state index contributed by atoms with van der Waals surface area (Å²) in [5.41, 5.74) is 5.22. The molecule has 1 atom stereocenters. The molecule has 2 N–H and O–H groups in total. The van der Waals surface area contributed by atoms with Gasteiger partial charge >= 0.3 is 6.09 Å². The fraction of sp³-hybridized carbons (Fsp3) is 0.923. The van der Waals surface area contributed by atoms with E-state index in [0.717, 1.165) is 39.1 Å². The van der Waals surface area contributed by atoms with Crippen LogP contribution in [0, 0.1) is 5.92 Å². The molecule has 0 aromatic heterocycles. The van der Waals surface area contributed by atoms with E-state index in [1.807, 2.05) is 25.7 Å². The third-order valence-electron chi connectivity index (χ3n) is 3.65. The largest absolute Gasteiger partial charge is 0.444 e. The minimum atomic E-state index is -0.406.